The first kappa shape index (κ1) is 22.0. The molecule has 1 aromatic heterocycles. The molecule has 2 aromatic rings. The van der Waals surface area contributed by atoms with Gasteiger partial charge in [-0.05, 0) is 57.4 Å². The number of rotatable bonds is 5. The third-order valence-electron chi connectivity index (χ3n) is 4.94. The SMILES string of the molecule is Cc1ncoc1COc1cc2c(cc1F)C[C@@H]([C@H](O)CN)N(C(=O)OC(C)(C)C)C2. The third kappa shape index (κ3) is 4.91. The van der Waals surface area contributed by atoms with Crippen LogP contribution in [-0.2, 0) is 24.3 Å². The normalized spacial score (nSPS) is 17.4. The van der Waals surface area contributed by atoms with E-state index in [1.165, 1.54) is 17.4 Å². The van der Waals surface area contributed by atoms with Crippen LogP contribution in [0.1, 0.15) is 43.4 Å². The zero-order valence-corrected chi connectivity index (χ0v) is 17.6. The van der Waals surface area contributed by atoms with E-state index in [9.17, 15) is 14.3 Å². The van der Waals surface area contributed by atoms with E-state index in [0.29, 0.717) is 22.6 Å². The lowest BCUT2D eigenvalue weighted by Gasteiger charge is -2.39. The molecule has 8 nitrogen and oxygen atoms in total. The average molecular weight is 421 g/mol. The highest BCUT2D eigenvalue weighted by Crippen LogP contribution is 2.32. The molecule has 0 radical (unpaired) electrons. The molecule has 9 heteroatoms. The van der Waals surface area contributed by atoms with E-state index >= 15 is 0 Å². The maximum Gasteiger partial charge on any atom is 0.410 e. The zero-order valence-electron chi connectivity index (χ0n) is 17.6. The van der Waals surface area contributed by atoms with Gasteiger partial charge in [0, 0.05) is 13.1 Å². The number of benzene rings is 1. The molecule has 1 amide bonds. The average Bonchev–Trinajstić information content (AvgIpc) is 3.08. The van der Waals surface area contributed by atoms with E-state index in [1.54, 1.807) is 33.8 Å². The molecule has 0 fully saturated rings. The van der Waals surface area contributed by atoms with Crippen molar-refractivity contribution in [3.8, 4) is 5.75 Å². The number of ether oxygens (including phenoxy) is 2. The Morgan fingerprint density at radius 2 is 2.17 bits per heavy atom. The number of hydrogen-bond donors (Lipinski definition) is 2. The zero-order chi connectivity index (χ0) is 22.1. The number of aromatic nitrogens is 1. The van der Waals surface area contributed by atoms with Crippen molar-refractivity contribution in [3.63, 3.8) is 0 Å². The molecule has 3 N–H and O–H groups in total. The van der Waals surface area contributed by atoms with E-state index in [2.05, 4.69) is 4.98 Å². The molecule has 0 spiro atoms. The number of carbonyl (C=O) groups excluding carboxylic acids is 1. The summed E-state index contributed by atoms with van der Waals surface area (Å²) in [5.41, 5.74) is 7.01. The van der Waals surface area contributed by atoms with Crippen LogP contribution in [0, 0.1) is 12.7 Å². The molecule has 0 saturated heterocycles. The smallest absolute Gasteiger partial charge is 0.410 e. The highest BCUT2D eigenvalue weighted by Gasteiger charge is 2.37. The second kappa shape index (κ2) is 8.61. The quantitative estimate of drug-likeness (QED) is 0.763. The number of aryl methyl sites for hydroxylation is 1. The molecular formula is C21H28FN3O5. The number of aliphatic hydroxyl groups excluding tert-OH is 1. The molecular weight excluding hydrogens is 393 g/mol. The summed E-state index contributed by atoms with van der Waals surface area (Å²) in [6, 6.07) is 2.33. The number of hydrogen-bond acceptors (Lipinski definition) is 7. The van der Waals surface area contributed by atoms with Gasteiger partial charge in [0.25, 0.3) is 0 Å². The van der Waals surface area contributed by atoms with Gasteiger partial charge in [-0.1, -0.05) is 0 Å². The molecule has 3 rings (SSSR count). The van der Waals surface area contributed by atoms with Crippen LogP contribution in [0.15, 0.2) is 22.9 Å². The van der Waals surface area contributed by atoms with E-state index in [0.717, 1.165) is 0 Å². The highest BCUT2D eigenvalue weighted by atomic mass is 19.1. The summed E-state index contributed by atoms with van der Waals surface area (Å²) in [6.07, 6.45) is 0.0401. The van der Waals surface area contributed by atoms with Crippen LogP contribution >= 0.6 is 0 Å². The topological polar surface area (TPSA) is 111 Å². The van der Waals surface area contributed by atoms with Gasteiger partial charge in [0.1, 0.15) is 12.2 Å². The minimum absolute atomic E-state index is 0.0283. The van der Waals surface area contributed by atoms with Gasteiger partial charge in [-0.3, -0.25) is 4.90 Å². The summed E-state index contributed by atoms with van der Waals surface area (Å²) in [5, 5.41) is 10.4. The third-order valence-corrected chi connectivity index (χ3v) is 4.94. The largest absolute Gasteiger partial charge is 0.482 e. The molecule has 1 aliphatic heterocycles. The number of fused-ring (bicyclic) bond motifs is 1. The van der Waals surface area contributed by atoms with Crippen molar-refractivity contribution in [2.75, 3.05) is 6.54 Å². The van der Waals surface area contributed by atoms with E-state index in [1.807, 2.05) is 0 Å². The molecule has 1 aromatic carbocycles. The molecule has 30 heavy (non-hydrogen) atoms. The number of aliphatic hydroxyl groups is 1. The standard InChI is InChI=1S/C21H28FN3O5/c1-12-19(29-11-24-12)10-28-18-7-14-9-25(20(27)30-21(2,3)4)16(17(26)8-23)6-13(14)5-15(18)22/h5,7,11,16-17,26H,6,8-10,23H2,1-4H3/t16-,17+/m0/s1. The Morgan fingerprint density at radius 1 is 1.43 bits per heavy atom. The van der Waals surface area contributed by atoms with E-state index in [4.69, 9.17) is 19.6 Å². The molecule has 2 heterocycles. The Balaban J connectivity index is 1.85. The van der Waals surface area contributed by atoms with Gasteiger partial charge >= 0.3 is 6.09 Å². The fourth-order valence-electron chi connectivity index (χ4n) is 3.35. The van der Waals surface area contributed by atoms with Crippen LogP contribution in [0.2, 0.25) is 0 Å². The fourth-order valence-corrected chi connectivity index (χ4v) is 3.35. The lowest BCUT2D eigenvalue weighted by atomic mass is 9.91. The predicted molar refractivity (Wildman–Crippen MR) is 106 cm³/mol. The number of oxazole rings is 1. The first-order chi connectivity index (χ1) is 14.1. The Kier molecular flexibility index (Phi) is 6.33. The Labute approximate surface area is 174 Å². The molecule has 0 bridgehead atoms. The Morgan fingerprint density at radius 3 is 2.77 bits per heavy atom. The van der Waals surface area contributed by atoms with Gasteiger partial charge in [0.05, 0.1) is 17.8 Å². The first-order valence-electron chi connectivity index (χ1n) is 9.80. The van der Waals surface area contributed by atoms with Crippen LogP contribution in [0.4, 0.5) is 9.18 Å². The number of nitrogens with zero attached hydrogens (tertiary/aromatic N) is 2. The summed E-state index contributed by atoms with van der Waals surface area (Å²) in [6.45, 7) is 7.22. The van der Waals surface area contributed by atoms with Gasteiger partial charge in [0.2, 0.25) is 0 Å². The number of halogens is 1. The monoisotopic (exact) mass is 421 g/mol. The summed E-state index contributed by atoms with van der Waals surface area (Å²) in [5.74, 6) is 0.0257. The highest BCUT2D eigenvalue weighted by molar-refractivity contribution is 5.69. The Bertz CT molecular complexity index is 909. The fraction of sp³-hybridized carbons (Fsp3) is 0.524. The molecule has 164 valence electrons. The predicted octanol–water partition coefficient (Wildman–Crippen LogP) is 2.68. The van der Waals surface area contributed by atoms with E-state index < -0.39 is 29.7 Å². The number of nitrogens with two attached hydrogens (primary N) is 1. The molecule has 0 saturated carbocycles. The van der Waals surface area contributed by atoms with E-state index in [-0.39, 0.29) is 31.9 Å². The van der Waals surface area contributed by atoms with Gasteiger partial charge in [-0.25, -0.2) is 14.2 Å². The maximum atomic E-state index is 14.6. The van der Waals surface area contributed by atoms with Crippen LogP contribution < -0.4 is 10.5 Å². The Hall–Kier alpha value is -2.65. The van der Waals surface area contributed by atoms with Gasteiger partial charge in [-0.15, -0.1) is 0 Å². The minimum Gasteiger partial charge on any atom is -0.482 e. The summed E-state index contributed by atoms with van der Waals surface area (Å²) in [7, 11) is 0. The van der Waals surface area contributed by atoms with Crippen LogP contribution in [-0.4, -0.2) is 45.4 Å². The number of carbonyl (C=O) groups is 1. The van der Waals surface area contributed by atoms with Crippen LogP contribution in [0.3, 0.4) is 0 Å². The van der Waals surface area contributed by atoms with Crippen LogP contribution in [0.5, 0.6) is 5.75 Å². The second-order valence-corrected chi connectivity index (χ2v) is 8.38. The minimum atomic E-state index is -0.959. The van der Waals surface area contributed by atoms with Gasteiger partial charge < -0.3 is 24.7 Å². The second-order valence-electron chi connectivity index (χ2n) is 8.38. The van der Waals surface area contributed by atoms with Gasteiger partial charge in [0.15, 0.2) is 23.7 Å². The number of amides is 1. The molecule has 0 unspecified atom stereocenters. The van der Waals surface area contributed by atoms with Crippen molar-refractivity contribution in [2.45, 2.75) is 65.0 Å². The van der Waals surface area contributed by atoms with Crippen molar-refractivity contribution < 1.29 is 28.2 Å². The molecule has 0 aliphatic carbocycles. The van der Waals surface area contributed by atoms with Crippen molar-refractivity contribution in [3.05, 3.63) is 46.9 Å². The first-order valence-corrected chi connectivity index (χ1v) is 9.80. The summed E-state index contributed by atoms with van der Waals surface area (Å²) in [4.78, 5) is 18.2. The lowest BCUT2D eigenvalue weighted by Crippen LogP contribution is -2.53. The van der Waals surface area contributed by atoms with Crippen molar-refractivity contribution in [1.29, 1.82) is 0 Å². The molecule has 2 atom stereocenters. The summed E-state index contributed by atoms with van der Waals surface area (Å²) >= 11 is 0. The van der Waals surface area contributed by atoms with Crippen molar-refractivity contribution in [2.24, 2.45) is 5.73 Å². The molecule has 1 aliphatic rings. The lowest BCUT2D eigenvalue weighted by molar-refractivity contribution is -0.0102. The van der Waals surface area contributed by atoms with Crippen molar-refractivity contribution >= 4 is 6.09 Å². The van der Waals surface area contributed by atoms with Crippen LogP contribution in [0.25, 0.3) is 0 Å². The maximum absolute atomic E-state index is 14.6. The summed E-state index contributed by atoms with van der Waals surface area (Å²) < 4.78 is 30.9. The van der Waals surface area contributed by atoms with Crippen molar-refractivity contribution in [1.82, 2.24) is 9.88 Å². The van der Waals surface area contributed by atoms with Gasteiger partial charge in [-0.2, -0.15) is 0 Å².